The molecule has 1 aliphatic rings. The van der Waals surface area contributed by atoms with Crippen molar-refractivity contribution in [1.29, 1.82) is 0 Å². The van der Waals surface area contributed by atoms with Gasteiger partial charge in [-0.3, -0.25) is 9.89 Å². The summed E-state index contributed by atoms with van der Waals surface area (Å²) in [5.74, 6) is 1.67. The van der Waals surface area contributed by atoms with Crippen LogP contribution >= 0.6 is 0 Å². The van der Waals surface area contributed by atoms with E-state index in [1.54, 1.807) is 19.4 Å². The van der Waals surface area contributed by atoms with Gasteiger partial charge in [-0.2, -0.15) is 0 Å². The van der Waals surface area contributed by atoms with Gasteiger partial charge in [-0.25, -0.2) is 18.4 Å². The first-order valence-corrected chi connectivity index (χ1v) is 11.3. The molecule has 2 N–H and O–H groups in total. The summed E-state index contributed by atoms with van der Waals surface area (Å²) in [6.45, 7) is 7.43. The third-order valence-corrected chi connectivity index (χ3v) is 5.43. The molecule has 0 aliphatic carbocycles. The summed E-state index contributed by atoms with van der Waals surface area (Å²) in [7, 11) is -1.22. The van der Waals surface area contributed by atoms with Crippen LogP contribution < -0.4 is 15.5 Å². The summed E-state index contributed by atoms with van der Waals surface area (Å²) in [6, 6.07) is 1.87. The Morgan fingerprint density at radius 1 is 1.26 bits per heavy atom. The van der Waals surface area contributed by atoms with Gasteiger partial charge in [-0.15, -0.1) is 0 Å². The SMILES string of the molecule is CN=C(NCCN1CCN(c2ncccn2)CC1)NC(C)CCS(C)(=O)=O. The normalized spacial score (nSPS) is 17.6. The van der Waals surface area contributed by atoms with E-state index in [1.807, 2.05) is 13.0 Å². The average molecular weight is 398 g/mol. The van der Waals surface area contributed by atoms with Crippen molar-refractivity contribution in [2.75, 3.05) is 63.2 Å². The lowest BCUT2D eigenvalue weighted by molar-refractivity contribution is 0.260. The molecular weight excluding hydrogens is 366 g/mol. The standard InChI is InChI=1S/C17H31N7O2S/c1-15(5-14-27(3,25)26)22-16(18-2)19-8-9-23-10-12-24(13-11-23)17-20-6-4-7-21-17/h4,6-7,15H,5,8-14H2,1-3H3,(H2,18,19,22). The quantitative estimate of drug-likeness (QED) is 0.451. The van der Waals surface area contributed by atoms with Crippen molar-refractivity contribution in [3.05, 3.63) is 18.5 Å². The molecule has 2 heterocycles. The molecule has 1 aromatic rings. The Morgan fingerprint density at radius 3 is 2.52 bits per heavy atom. The highest BCUT2D eigenvalue weighted by Crippen LogP contribution is 2.09. The highest BCUT2D eigenvalue weighted by Gasteiger charge is 2.18. The molecule has 1 aliphatic heterocycles. The molecule has 2 rings (SSSR count). The van der Waals surface area contributed by atoms with Crippen LogP contribution in [0, 0.1) is 0 Å². The molecule has 1 unspecified atom stereocenters. The van der Waals surface area contributed by atoms with Gasteiger partial charge >= 0.3 is 0 Å². The summed E-state index contributed by atoms with van der Waals surface area (Å²) < 4.78 is 22.5. The second-order valence-corrected chi connectivity index (χ2v) is 9.10. The van der Waals surface area contributed by atoms with Gasteiger partial charge in [-0.05, 0) is 19.4 Å². The largest absolute Gasteiger partial charge is 0.355 e. The molecule has 1 saturated heterocycles. The predicted molar refractivity (Wildman–Crippen MR) is 109 cm³/mol. The molecule has 0 saturated carbocycles. The first-order valence-electron chi connectivity index (χ1n) is 9.26. The molecule has 0 aromatic carbocycles. The number of hydrogen-bond donors (Lipinski definition) is 2. The zero-order chi connectivity index (χ0) is 19.7. The number of anilines is 1. The highest BCUT2D eigenvalue weighted by atomic mass is 32.2. The number of nitrogens with zero attached hydrogens (tertiary/aromatic N) is 5. The molecule has 0 bridgehead atoms. The number of hydrogen-bond acceptors (Lipinski definition) is 7. The second kappa shape index (κ2) is 10.4. The number of sulfone groups is 1. The summed E-state index contributed by atoms with van der Waals surface area (Å²) in [5, 5.41) is 6.53. The third-order valence-electron chi connectivity index (χ3n) is 4.46. The minimum atomic E-state index is -2.94. The van der Waals surface area contributed by atoms with Crippen LogP contribution in [0.4, 0.5) is 5.95 Å². The van der Waals surface area contributed by atoms with E-state index < -0.39 is 9.84 Å². The maximum atomic E-state index is 11.3. The molecule has 1 atom stereocenters. The smallest absolute Gasteiger partial charge is 0.225 e. The summed E-state index contributed by atoms with van der Waals surface area (Å²) in [4.78, 5) is 17.4. The van der Waals surface area contributed by atoms with E-state index in [-0.39, 0.29) is 11.8 Å². The maximum absolute atomic E-state index is 11.3. The maximum Gasteiger partial charge on any atom is 0.225 e. The van der Waals surface area contributed by atoms with Crippen molar-refractivity contribution in [3.8, 4) is 0 Å². The first kappa shape index (κ1) is 21.4. The van der Waals surface area contributed by atoms with E-state index in [0.717, 1.165) is 45.2 Å². The van der Waals surface area contributed by atoms with Gasteiger partial charge in [0.1, 0.15) is 9.84 Å². The number of rotatable bonds is 8. The van der Waals surface area contributed by atoms with Gasteiger partial charge in [0.05, 0.1) is 5.75 Å². The summed E-state index contributed by atoms with van der Waals surface area (Å²) in [5.41, 5.74) is 0. The number of aromatic nitrogens is 2. The van der Waals surface area contributed by atoms with Crippen LogP contribution in [0.2, 0.25) is 0 Å². The number of guanidine groups is 1. The molecule has 9 nitrogen and oxygen atoms in total. The van der Waals surface area contributed by atoms with Crippen LogP contribution in [-0.4, -0.2) is 93.6 Å². The second-order valence-electron chi connectivity index (χ2n) is 6.84. The molecule has 27 heavy (non-hydrogen) atoms. The van der Waals surface area contributed by atoms with Crippen molar-refractivity contribution in [2.45, 2.75) is 19.4 Å². The highest BCUT2D eigenvalue weighted by molar-refractivity contribution is 7.90. The molecule has 1 aromatic heterocycles. The minimum absolute atomic E-state index is 0.0420. The van der Waals surface area contributed by atoms with Crippen LogP contribution in [0.3, 0.4) is 0 Å². The predicted octanol–water partition coefficient (Wildman–Crippen LogP) is -0.413. The fraction of sp³-hybridized carbons (Fsp3) is 0.706. The fourth-order valence-electron chi connectivity index (χ4n) is 2.85. The third kappa shape index (κ3) is 8.08. The summed E-state index contributed by atoms with van der Waals surface area (Å²) >= 11 is 0. The van der Waals surface area contributed by atoms with Crippen LogP contribution in [0.1, 0.15) is 13.3 Å². The van der Waals surface area contributed by atoms with E-state index >= 15 is 0 Å². The van der Waals surface area contributed by atoms with Gasteiger partial charge in [-0.1, -0.05) is 0 Å². The van der Waals surface area contributed by atoms with Gasteiger partial charge in [0.15, 0.2) is 5.96 Å². The molecule has 1 fully saturated rings. The van der Waals surface area contributed by atoms with Gasteiger partial charge < -0.3 is 15.5 Å². The van der Waals surface area contributed by atoms with E-state index in [4.69, 9.17) is 0 Å². The Balaban J connectivity index is 1.65. The Morgan fingerprint density at radius 2 is 1.93 bits per heavy atom. The van der Waals surface area contributed by atoms with Crippen molar-refractivity contribution in [1.82, 2.24) is 25.5 Å². The number of aliphatic imine (C=N–C) groups is 1. The zero-order valence-electron chi connectivity index (χ0n) is 16.4. The lowest BCUT2D eigenvalue weighted by Crippen LogP contribution is -2.50. The Hall–Kier alpha value is -1.94. The van der Waals surface area contributed by atoms with Crippen LogP contribution in [0.15, 0.2) is 23.5 Å². The first-order chi connectivity index (χ1) is 12.9. The van der Waals surface area contributed by atoms with Crippen LogP contribution in [0.5, 0.6) is 0 Å². The Labute approximate surface area is 162 Å². The van der Waals surface area contributed by atoms with Crippen molar-refractivity contribution in [2.24, 2.45) is 4.99 Å². The summed E-state index contributed by atoms with van der Waals surface area (Å²) in [6.07, 6.45) is 5.36. The average Bonchev–Trinajstić information content (AvgIpc) is 2.66. The minimum Gasteiger partial charge on any atom is -0.355 e. The Kier molecular flexibility index (Phi) is 8.23. The van der Waals surface area contributed by atoms with Crippen molar-refractivity contribution in [3.63, 3.8) is 0 Å². The van der Waals surface area contributed by atoms with E-state index in [1.165, 1.54) is 6.26 Å². The van der Waals surface area contributed by atoms with Crippen molar-refractivity contribution < 1.29 is 8.42 Å². The van der Waals surface area contributed by atoms with Gasteiger partial charge in [0.2, 0.25) is 5.95 Å². The molecule has 0 amide bonds. The fourth-order valence-corrected chi connectivity index (χ4v) is 3.63. The lowest BCUT2D eigenvalue weighted by Gasteiger charge is -2.34. The molecular formula is C17H31N7O2S. The number of piperazine rings is 1. The van der Waals surface area contributed by atoms with E-state index in [0.29, 0.717) is 12.4 Å². The molecule has 10 heteroatoms. The van der Waals surface area contributed by atoms with Crippen molar-refractivity contribution >= 4 is 21.7 Å². The van der Waals surface area contributed by atoms with E-state index in [9.17, 15) is 8.42 Å². The van der Waals surface area contributed by atoms with E-state index in [2.05, 4.69) is 35.4 Å². The Bertz CT molecular complexity index is 688. The molecule has 152 valence electrons. The van der Waals surface area contributed by atoms with Gasteiger partial charge in [0.25, 0.3) is 0 Å². The molecule has 0 radical (unpaired) electrons. The lowest BCUT2D eigenvalue weighted by atomic mass is 10.3. The van der Waals surface area contributed by atoms with Crippen LogP contribution in [-0.2, 0) is 9.84 Å². The topological polar surface area (TPSA) is 103 Å². The van der Waals surface area contributed by atoms with Crippen LogP contribution in [0.25, 0.3) is 0 Å². The zero-order valence-corrected chi connectivity index (χ0v) is 17.2. The number of nitrogens with one attached hydrogen (secondary N) is 2. The molecule has 0 spiro atoms. The monoisotopic (exact) mass is 397 g/mol. The van der Waals surface area contributed by atoms with Gasteiger partial charge in [0, 0.05) is 71.0 Å².